The fourth-order valence-corrected chi connectivity index (χ4v) is 3.33. The van der Waals surface area contributed by atoms with Gasteiger partial charge in [-0.2, -0.15) is 0 Å². The Hall–Kier alpha value is -2.74. The number of anilines is 2. The summed E-state index contributed by atoms with van der Waals surface area (Å²) < 4.78 is 5.71. The van der Waals surface area contributed by atoms with E-state index in [1.807, 2.05) is 32.9 Å². The molecule has 0 aliphatic carbocycles. The Kier molecular flexibility index (Phi) is 4.30. The first kappa shape index (κ1) is 16.1. The molecule has 124 valence electrons. The van der Waals surface area contributed by atoms with Gasteiger partial charge < -0.3 is 15.8 Å². The number of carbonyl (C=O) groups is 1. The molecule has 0 unspecified atom stereocenters. The van der Waals surface area contributed by atoms with Crippen molar-refractivity contribution in [3.05, 3.63) is 35.1 Å². The lowest BCUT2D eigenvalue weighted by Gasteiger charge is -2.14. The van der Waals surface area contributed by atoms with Crippen LogP contribution in [0.5, 0.6) is 5.88 Å². The molecule has 0 fully saturated rings. The third-order valence-electron chi connectivity index (χ3n) is 3.32. The van der Waals surface area contributed by atoms with Crippen molar-refractivity contribution < 1.29 is 9.53 Å². The topological polar surface area (TPSA) is 103 Å². The van der Waals surface area contributed by atoms with Gasteiger partial charge in [0.1, 0.15) is 22.7 Å². The molecule has 3 rings (SSSR count). The summed E-state index contributed by atoms with van der Waals surface area (Å²) in [5, 5.41) is 4.00. The second-order valence-corrected chi connectivity index (χ2v) is 6.47. The van der Waals surface area contributed by atoms with Crippen molar-refractivity contribution in [2.75, 3.05) is 5.32 Å². The third-order valence-corrected chi connectivity index (χ3v) is 4.54. The van der Waals surface area contributed by atoms with Crippen LogP contribution in [0.25, 0.3) is 10.2 Å². The highest BCUT2D eigenvalue weighted by Gasteiger charge is 2.18. The Morgan fingerprint density at radius 3 is 2.83 bits per heavy atom. The molecule has 0 radical (unpaired) electrons. The minimum absolute atomic E-state index is 0.00443. The van der Waals surface area contributed by atoms with Crippen molar-refractivity contribution >= 4 is 39.0 Å². The number of hydrogen-bond donors (Lipinski definition) is 2. The molecule has 0 aromatic carbocycles. The van der Waals surface area contributed by atoms with Crippen LogP contribution in [0.1, 0.15) is 29.1 Å². The van der Waals surface area contributed by atoms with Crippen LogP contribution in [0, 0.1) is 6.92 Å². The highest BCUT2D eigenvalue weighted by atomic mass is 32.1. The van der Waals surface area contributed by atoms with Gasteiger partial charge in [0.25, 0.3) is 5.91 Å². The van der Waals surface area contributed by atoms with Crippen LogP contribution in [0.15, 0.2) is 24.7 Å². The van der Waals surface area contributed by atoms with Crippen molar-refractivity contribution in [3.8, 4) is 5.88 Å². The Morgan fingerprint density at radius 2 is 2.12 bits per heavy atom. The number of pyridine rings is 1. The number of nitrogens with two attached hydrogens (primary N) is 1. The molecule has 0 atom stereocenters. The van der Waals surface area contributed by atoms with Crippen LogP contribution in [0.3, 0.4) is 0 Å². The van der Waals surface area contributed by atoms with Crippen LogP contribution in [-0.2, 0) is 0 Å². The number of fused-ring (bicyclic) bond motifs is 1. The molecule has 0 spiro atoms. The van der Waals surface area contributed by atoms with Gasteiger partial charge in [-0.05, 0) is 38.5 Å². The molecule has 0 aliphatic rings. The van der Waals surface area contributed by atoms with Gasteiger partial charge in [-0.25, -0.2) is 15.0 Å². The summed E-state index contributed by atoms with van der Waals surface area (Å²) in [4.78, 5) is 25.5. The molecular formula is C16H17N5O2S. The molecule has 0 saturated heterocycles. The molecule has 8 heteroatoms. The number of amides is 1. The van der Waals surface area contributed by atoms with Gasteiger partial charge in [0.05, 0.1) is 16.4 Å². The van der Waals surface area contributed by atoms with Crippen LogP contribution < -0.4 is 15.8 Å². The molecule has 3 N–H and O–H groups in total. The molecule has 0 aliphatic heterocycles. The lowest BCUT2D eigenvalue weighted by Crippen LogP contribution is -2.10. The summed E-state index contributed by atoms with van der Waals surface area (Å²) in [5.41, 5.74) is 6.89. The zero-order valence-electron chi connectivity index (χ0n) is 13.5. The quantitative estimate of drug-likeness (QED) is 0.738. The molecule has 0 saturated carbocycles. The number of carbonyl (C=O) groups excluding carboxylic acids is 1. The zero-order valence-corrected chi connectivity index (χ0v) is 14.3. The Balaban J connectivity index is 2.07. The van der Waals surface area contributed by atoms with E-state index < -0.39 is 5.91 Å². The number of primary amides is 1. The molecule has 3 aromatic rings. The monoisotopic (exact) mass is 343 g/mol. The first-order valence-electron chi connectivity index (χ1n) is 7.40. The molecule has 0 bridgehead atoms. The summed E-state index contributed by atoms with van der Waals surface area (Å²) in [6.07, 6.45) is 3.11. The van der Waals surface area contributed by atoms with Crippen molar-refractivity contribution in [3.63, 3.8) is 0 Å². The van der Waals surface area contributed by atoms with Gasteiger partial charge in [-0.15, -0.1) is 11.3 Å². The maximum Gasteiger partial charge on any atom is 0.259 e. The third kappa shape index (κ3) is 3.00. The highest BCUT2D eigenvalue weighted by molar-refractivity contribution is 7.20. The van der Waals surface area contributed by atoms with Gasteiger partial charge >= 0.3 is 0 Å². The van der Waals surface area contributed by atoms with Crippen molar-refractivity contribution in [1.82, 2.24) is 15.0 Å². The van der Waals surface area contributed by atoms with Gasteiger partial charge in [-0.3, -0.25) is 4.79 Å². The summed E-state index contributed by atoms with van der Waals surface area (Å²) in [6.45, 7) is 5.70. The van der Waals surface area contributed by atoms with Crippen molar-refractivity contribution in [2.24, 2.45) is 5.73 Å². The number of ether oxygens (including phenoxy) is 1. The fourth-order valence-electron chi connectivity index (χ4n) is 2.33. The van der Waals surface area contributed by atoms with E-state index in [-0.39, 0.29) is 6.10 Å². The summed E-state index contributed by atoms with van der Waals surface area (Å²) in [6, 6.07) is 3.67. The first-order valence-corrected chi connectivity index (χ1v) is 8.21. The van der Waals surface area contributed by atoms with Gasteiger partial charge in [-0.1, -0.05) is 0 Å². The van der Waals surface area contributed by atoms with Gasteiger partial charge in [0, 0.05) is 6.20 Å². The minimum Gasteiger partial charge on any atom is -0.473 e. The smallest absolute Gasteiger partial charge is 0.259 e. The maximum atomic E-state index is 11.6. The standard InChI is InChI=1S/C16H17N5O2S/c1-8(2)23-15-10(5-4-6-18-15)21-14-11-9(3)12(13(17)22)24-16(11)20-7-19-14/h4-8H,1-3H3,(H2,17,22)(H,19,20,21). The molecule has 7 nitrogen and oxygen atoms in total. The van der Waals surface area contributed by atoms with E-state index >= 15 is 0 Å². The number of nitrogens with one attached hydrogen (secondary N) is 1. The predicted molar refractivity (Wildman–Crippen MR) is 94.0 cm³/mol. The van der Waals surface area contributed by atoms with Crippen LogP contribution in [-0.4, -0.2) is 27.0 Å². The average molecular weight is 343 g/mol. The van der Waals surface area contributed by atoms with Crippen LogP contribution >= 0.6 is 11.3 Å². The van der Waals surface area contributed by atoms with E-state index in [1.165, 1.54) is 17.7 Å². The Morgan fingerprint density at radius 1 is 1.33 bits per heavy atom. The molecule has 3 aromatic heterocycles. The first-order chi connectivity index (χ1) is 11.5. The van der Waals surface area contributed by atoms with E-state index in [9.17, 15) is 4.79 Å². The molecule has 3 heterocycles. The SMILES string of the molecule is Cc1c(C(N)=O)sc2ncnc(Nc3cccnc3OC(C)C)c12. The number of hydrogen-bond acceptors (Lipinski definition) is 7. The summed E-state index contributed by atoms with van der Waals surface area (Å²) >= 11 is 1.26. The fraction of sp³-hybridized carbons (Fsp3) is 0.250. The van der Waals surface area contributed by atoms with Crippen molar-refractivity contribution in [2.45, 2.75) is 26.9 Å². The Bertz CT molecular complexity index is 907. The number of nitrogens with zero attached hydrogens (tertiary/aromatic N) is 3. The minimum atomic E-state index is -0.466. The lowest BCUT2D eigenvalue weighted by molar-refractivity contribution is 0.100. The Labute approximate surface area is 142 Å². The number of aromatic nitrogens is 3. The van der Waals surface area contributed by atoms with Crippen LogP contribution in [0.2, 0.25) is 0 Å². The average Bonchev–Trinajstić information content (AvgIpc) is 2.87. The normalized spacial score (nSPS) is 11.0. The number of aryl methyl sites for hydroxylation is 1. The largest absolute Gasteiger partial charge is 0.473 e. The maximum absolute atomic E-state index is 11.6. The van der Waals surface area contributed by atoms with Crippen LogP contribution in [0.4, 0.5) is 11.5 Å². The van der Waals surface area contributed by atoms with E-state index in [4.69, 9.17) is 10.5 Å². The lowest BCUT2D eigenvalue weighted by atomic mass is 10.2. The predicted octanol–water partition coefficient (Wildman–Crippen LogP) is 3.02. The number of thiophene rings is 1. The van der Waals surface area contributed by atoms with E-state index in [0.717, 1.165) is 10.9 Å². The summed E-state index contributed by atoms with van der Waals surface area (Å²) in [7, 11) is 0. The van der Waals surface area contributed by atoms with E-state index in [0.29, 0.717) is 27.1 Å². The van der Waals surface area contributed by atoms with Crippen molar-refractivity contribution in [1.29, 1.82) is 0 Å². The molecule has 1 amide bonds. The zero-order chi connectivity index (χ0) is 17.3. The van der Waals surface area contributed by atoms with Gasteiger partial charge in [0.2, 0.25) is 5.88 Å². The number of rotatable bonds is 5. The second-order valence-electron chi connectivity index (χ2n) is 5.47. The van der Waals surface area contributed by atoms with Gasteiger partial charge in [0.15, 0.2) is 0 Å². The molecular weight excluding hydrogens is 326 g/mol. The summed E-state index contributed by atoms with van der Waals surface area (Å²) in [5.74, 6) is 0.608. The van der Waals surface area contributed by atoms with E-state index in [2.05, 4.69) is 20.3 Å². The highest BCUT2D eigenvalue weighted by Crippen LogP contribution is 2.35. The second kappa shape index (κ2) is 6.40. The van der Waals surface area contributed by atoms with E-state index in [1.54, 1.807) is 6.20 Å². The molecule has 24 heavy (non-hydrogen) atoms.